The van der Waals surface area contributed by atoms with Crippen molar-refractivity contribution >= 4 is 12.2 Å². The van der Waals surface area contributed by atoms with Crippen LogP contribution in [0.2, 0.25) is 0 Å². The van der Waals surface area contributed by atoms with E-state index in [1.807, 2.05) is 12.1 Å². The largest absolute Gasteiger partial charge is 0.513 e. The Morgan fingerprint density at radius 1 is 1.06 bits per heavy atom. The SMILES string of the molecule is C=C(C)O.C=Cc1cc2c(c(C)c1/C=C(\C)C1CC1)CC(C)C2.CCC.CCc1ccccc1. The zero-order valence-electron chi connectivity index (χ0n) is 22.9. The molecule has 1 N–H and O–H groups in total. The van der Waals surface area contributed by atoms with Gasteiger partial charge >= 0.3 is 0 Å². The molecule has 2 aliphatic carbocycles. The maximum absolute atomic E-state index is 7.86. The second-order valence-corrected chi connectivity index (χ2v) is 9.80. The lowest BCUT2D eigenvalue weighted by atomic mass is 9.92. The second kappa shape index (κ2) is 15.4. The molecular weight excluding hydrogens is 412 g/mol. The summed E-state index contributed by atoms with van der Waals surface area (Å²) in [6, 6.07) is 12.8. The van der Waals surface area contributed by atoms with Gasteiger partial charge in [0.2, 0.25) is 0 Å². The molecule has 2 aromatic rings. The first-order valence-electron chi connectivity index (χ1n) is 13.0. The molecule has 1 unspecified atom stereocenters. The maximum atomic E-state index is 7.86. The predicted octanol–water partition coefficient (Wildman–Crippen LogP) is 9.93. The lowest BCUT2D eigenvalue weighted by Crippen LogP contribution is -1.96. The number of aliphatic hydroxyl groups excluding tert-OH is 1. The van der Waals surface area contributed by atoms with Crippen LogP contribution in [-0.2, 0) is 19.3 Å². The molecule has 1 atom stereocenters. The Bertz CT molecular complexity index is 925. The summed E-state index contributed by atoms with van der Waals surface area (Å²) in [5.74, 6) is 1.82. The van der Waals surface area contributed by atoms with Crippen molar-refractivity contribution in [2.24, 2.45) is 11.8 Å². The summed E-state index contributed by atoms with van der Waals surface area (Å²) in [4.78, 5) is 0. The number of aliphatic hydroxyl groups is 1. The van der Waals surface area contributed by atoms with Gasteiger partial charge in [0.05, 0.1) is 5.76 Å². The van der Waals surface area contributed by atoms with E-state index in [2.05, 4.69) is 91.1 Å². The van der Waals surface area contributed by atoms with Crippen molar-refractivity contribution in [2.45, 2.75) is 87.0 Å². The highest BCUT2D eigenvalue weighted by Crippen LogP contribution is 2.39. The van der Waals surface area contributed by atoms with E-state index in [9.17, 15) is 0 Å². The third kappa shape index (κ3) is 10.2. The third-order valence-electron chi connectivity index (χ3n) is 6.07. The zero-order chi connectivity index (χ0) is 25.7. The summed E-state index contributed by atoms with van der Waals surface area (Å²) in [5, 5.41) is 7.86. The molecule has 0 bridgehead atoms. The van der Waals surface area contributed by atoms with Crippen LogP contribution in [0.1, 0.15) is 94.2 Å². The molecule has 1 heteroatoms. The first-order valence-corrected chi connectivity index (χ1v) is 13.0. The number of benzene rings is 2. The lowest BCUT2D eigenvalue weighted by molar-refractivity contribution is 0.417. The Labute approximate surface area is 210 Å². The molecule has 0 spiro atoms. The molecule has 1 saturated carbocycles. The normalized spacial score (nSPS) is 16.0. The van der Waals surface area contributed by atoms with E-state index in [1.54, 1.807) is 16.7 Å². The van der Waals surface area contributed by atoms with Crippen molar-refractivity contribution in [3.8, 4) is 0 Å². The second-order valence-electron chi connectivity index (χ2n) is 9.80. The van der Waals surface area contributed by atoms with Gasteiger partial charge in [-0.15, -0.1) is 0 Å². The lowest BCUT2D eigenvalue weighted by Gasteiger charge is -2.13. The van der Waals surface area contributed by atoms with E-state index in [-0.39, 0.29) is 5.76 Å². The summed E-state index contributed by atoms with van der Waals surface area (Å²) in [7, 11) is 0. The van der Waals surface area contributed by atoms with Crippen LogP contribution in [0.5, 0.6) is 0 Å². The zero-order valence-corrected chi connectivity index (χ0v) is 22.9. The van der Waals surface area contributed by atoms with Gasteiger partial charge in [-0.2, -0.15) is 0 Å². The fraction of sp³-hybridized carbons (Fsp3) is 0.455. The fourth-order valence-electron chi connectivity index (χ4n) is 4.19. The van der Waals surface area contributed by atoms with Gasteiger partial charge in [0.1, 0.15) is 0 Å². The van der Waals surface area contributed by atoms with Crippen molar-refractivity contribution in [3.63, 3.8) is 0 Å². The van der Waals surface area contributed by atoms with Gasteiger partial charge in [-0.1, -0.05) is 101 Å². The average molecular weight is 461 g/mol. The number of rotatable bonds is 4. The number of hydrogen-bond donors (Lipinski definition) is 1. The highest BCUT2D eigenvalue weighted by molar-refractivity contribution is 5.71. The van der Waals surface area contributed by atoms with Crippen LogP contribution in [0.4, 0.5) is 0 Å². The van der Waals surface area contributed by atoms with Crippen LogP contribution in [-0.4, -0.2) is 5.11 Å². The van der Waals surface area contributed by atoms with Crippen molar-refractivity contribution in [3.05, 3.63) is 94.3 Å². The highest BCUT2D eigenvalue weighted by Gasteiger charge is 2.25. The Kier molecular flexibility index (Phi) is 13.3. The summed E-state index contributed by atoms with van der Waals surface area (Å²) >= 11 is 0. The van der Waals surface area contributed by atoms with Gasteiger partial charge in [0.25, 0.3) is 0 Å². The predicted molar refractivity (Wildman–Crippen MR) is 153 cm³/mol. The molecule has 2 aromatic carbocycles. The van der Waals surface area contributed by atoms with Crippen molar-refractivity contribution < 1.29 is 5.11 Å². The molecule has 0 saturated heterocycles. The molecule has 4 rings (SSSR count). The quantitative estimate of drug-likeness (QED) is 0.450. The fourth-order valence-corrected chi connectivity index (χ4v) is 4.19. The number of aryl methyl sites for hydroxylation is 1. The van der Waals surface area contributed by atoms with Crippen LogP contribution in [0.15, 0.2) is 60.9 Å². The maximum Gasteiger partial charge on any atom is 0.0820 e. The van der Waals surface area contributed by atoms with Crippen molar-refractivity contribution in [1.29, 1.82) is 0 Å². The molecule has 0 aliphatic heterocycles. The van der Waals surface area contributed by atoms with E-state index < -0.39 is 0 Å². The molecule has 0 heterocycles. The van der Waals surface area contributed by atoms with Crippen LogP contribution < -0.4 is 0 Å². The number of allylic oxidation sites excluding steroid dienone is 2. The monoisotopic (exact) mass is 460 g/mol. The van der Waals surface area contributed by atoms with E-state index in [0.717, 1.165) is 18.3 Å². The van der Waals surface area contributed by atoms with Gasteiger partial charge in [-0.3, -0.25) is 0 Å². The van der Waals surface area contributed by atoms with E-state index in [4.69, 9.17) is 5.11 Å². The van der Waals surface area contributed by atoms with Crippen LogP contribution >= 0.6 is 0 Å². The Hall–Kier alpha value is -2.54. The minimum atomic E-state index is 0.167. The van der Waals surface area contributed by atoms with E-state index >= 15 is 0 Å². The third-order valence-corrected chi connectivity index (χ3v) is 6.07. The number of hydrogen-bond acceptors (Lipinski definition) is 1. The highest BCUT2D eigenvalue weighted by atomic mass is 16.3. The smallest absolute Gasteiger partial charge is 0.0820 e. The minimum absolute atomic E-state index is 0.167. The molecule has 1 fully saturated rings. The van der Waals surface area contributed by atoms with Crippen molar-refractivity contribution in [2.75, 3.05) is 0 Å². The standard InChI is InChI=1S/C19H24.C8H10.C3H6O.C3H8/c1-5-15-11-17-8-12(2)9-18(17)14(4)19(15)10-13(3)16-6-7-16;1-2-8-6-4-3-5-7-8;1-3(2)4;1-3-2/h5,10-12,16H,1,6-9H2,2-4H3;3-7H,2H2,1H3;4H,1H2,2H3;3H2,1-2H3/b13-10+;;;. The van der Waals surface area contributed by atoms with Gasteiger partial charge in [0, 0.05) is 0 Å². The van der Waals surface area contributed by atoms with Crippen molar-refractivity contribution in [1.82, 2.24) is 0 Å². The average Bonchev–Trinajstić information content (AvgIpc) is 3.58. The van der Waals surface area contributed by atoms with E-state index in [0.29, 0.717) is 0 Å². The van der Waals surface area contributed by atoms with Crippen LogP contribution in [0, 0.1) is 18.8 Å². The first-order chi connectivity index (χ1) is 16.2. The summed E-state index contributed by atoms with van der Waals surface area (Å²) in [6.07, 6.45) is 12.1. The molecule has 0 amide bonds. The topological polar surface area (TPSA) is 20.2 Å². The van der Waals surface area contributed by atoms with E-state index in [1.165, 1.54) is 61.3 Å². The molecule has 34 heavy (non-hydrogen) atoms. The van der Waals surface area contributed by atoms with Crippen LogP contribution in [0.25, 0.3) is 12.2 Å². The van der Waals surface area contributed by atoms with Gasteiger partial charge in [-0.05, 0) is 98.1 Å². The first kappa shape index (κ1) is 29.5. The Morgan fingerprint density at radius 3 is 2.06 bits per heavy atom. The molecule has 1 nitrogen and oxygen atoms in total. The Morgan fingerprint density at radius 2 is 1.62 bits per heavy atom. The summed E-state index contributed by atoms with van der Waals surface area (Å²) in [5.41, 5.74) is 10.4. The number of fused-ring (bicyclic) bond motifs is 1. The minimum Gasteiger partial charge on any atom is -0.513 e. The summed E-state index contributed by atoms with van der Waals surface area (Å²) < 4.78 is 0. The summed E-state index contributed by atoms with van der Waals surface area (Å²) in [6.45, 7) is 22.0. The molecule has 0 aromatic heterocycles. The molecular formula is C33H48O. The van der Waals surface area contributed by atoms with Gasteiger partial charge < -0.3 is 5.11 Å². The Balaban J connectivity index is 0.000000318. The van der Waals surface area contributed by atoms with Gasteiger partial charge in [0.15, 0.2) is 0 Å². The van der Waals surface area contributed by atoms with Gasteiger partial charge in [-0.25, -0.2) is 0 Å². The molecule has 186 valence electrons. The van der Waals surface area contributed by atoms with Crippen LogP contribution in [0.3, 0.4) is 0 Å². The molecule has 0 radical (unpaired) electrons. The molecule has 2 aliphatic rings.